The van der Waals surface area contributed by atoms with Gasteiger partial charge < -0.3 is 9.32 Å². The molecule has 0 aromatic carbocycles. The van der Waals surface area contributed by atoms with Gasteiger partial charge in [-0.15, -0.1) is 0 Å². The van der Waals surface area contributed by atoms with E-state index >= 15 is 0 Å². The molecule has 5 heteroatoms. The molecule has 3 aliphatic rings. The van der Waals surface area contributed by atoms with Crippen LogP contribution >= 0.6 is 15.9 Å². The Kier molecular flexibility index (Phi) is 4.12. The maximum Gasteiger partial charge on any atom is 0.169 e. The summed E-state index contributed by atoms with van der Waals surface area (Å²) in [5.74, 6) is 0.561. The van der Waals surface area contributed by atoms with Gasteiger partial charge >= 0.3 is 0 Å². The minimum atomic E-state index is -0.385. The Morgan fingerprint density at radius 1 is 0.926 bits per heavy atom. The highest BCUT2D eigenvalue weighted by Gasteiger charge is 2.49. The van der Waals surface area contributed by atoms with Crippen LogP contribution in [0, 0.1) is 10.8 Å². The Bertz CT molecular complexity index is 862. The van der Waals surface area contributed by atoms with Gasteiger partial charge in [0.25, 0.3) is 0 Å². The second kappa shape index (κ2) is 5.94. The van der Waals surface area contributed by atoms with Gasteiger partial charge in [0.2, 0.25) is 0 Å². The number of nitrogens with zero attached hydrogens (tertiary/aromatic N) is 1. The molecule has 27 heavy (non-hydrogen) atoms. The largest absolute Gasteiger partial charge is 0.453 e. The predicted molar refractivity (Wildman–Crippen MR) is 107 cm³/mol. The van der Waals surface area contributed by atoms with Crippen LogP contribution in [0.2, 0.25) is 0 Å². The summed E-state index contributed by atoms with van der Waals surface area (Å²) in [6.45, 7) is 8.56. The number of rotatable bonds is 1. The minimum Gasteiger partial charge on any atom is -0.453 e. The highest BCUT2D eigenvalue weighted by atomic mass is 79.9. The van der Waals surface area contributed by atoms with Crippen molar-refractivity contribution in [2.24, 2.45) is 10.8 Å². The first-order valence-corrected chi connectivity index (χ1v) is 10.3. The number of halogens is 1. The van der Waals surface area contributed by atoms with Crippen molar-refractivity contribution in [3.8, 4) is 0 Å². The van der Waals surface area contributed by atoms with E-state index in [-0.39, 0.29) is 28.3 Å². The SMILES string of the molecule is CN1C2=C(C(=O)CC(C)(C)C2)C(c2ccc(Br)o2)C2=C1CC(C)(C)CC2=O. The molecular formula is C22H26BrNO3. The zero-order valence-corrected chi connectivity index (χ0v) is 18.2. The second-order valence-electron chi connectivity index (χ2n) is 9.74. The third-order valence-electron chi connectivity index (χ3n) is 6.06. The molecule has 2 heterocycles. The van der Waals surface area contributed by atoms with Crippen molar-refractivity contribution in [1.82, 2.24) is 4.90 Å². The summed E-state index contributed by atoms with van der Waals surface area (Å²) in [5, 5.41) is 0. The van der Waals surface area contributed by atoms with Crippen LogP contribution < -0.4 is 0 Å². The molecule has 0 amide bonds. The topological polar surface area (TPSA) is 50.5 Å². The molecular weight excluding hydrogens is 406 g/mol. The lowest BCUT2D eigenvalue weighted by atomic mass is 9.64. The van der Waals surface area contributed by atoms with E-state index in [4.69, 9.17) is 4.42 Å². The lowest BCUT2D eigenvalue weighted by Gasteiger charge is -2.47. The molecule has 0 spiro atoms. The second-order valence-corrected chi connectivity index (χ2v) is 10.5. The molecule has 0 bridgehead atoms. The third kappa shape index (κ3) is 3.04. The molecule has 1 aromatic heterocycles. The lowest BCUT2D eigenvalue weighted by Crippen LogP contribution is -2.43. The zero-order valence-electron chi connectivity index (χ0n) is 16.6. The van der Waals surface area contributed by atoms with Gasteiger partial charge in [0.05, 0.1) is 5.92 Å². The van der Waals surface area contributed by atoms with Gasteiger partial charge in [-0.25, -0.2) is 0 Å². The zero-order chi connectivity index (χ0) is 19.7. The van der Waals surface area contributed by atoms with Crippen molar-refractivity contribution in [2.75, 3.05) is 7.05 Å². The van der Waals surface area contributed by atoms with Crippen molar-refractivity contribution in [1.29, 1.82) is 0 Å². The van der Waals surface area contributed by atoms with Crippen molar-refractivity contribution in [3.63, 3.8) is 0 Å². The number of allylic oxidation sites excluding steroid dienone is 4. The summed E-state index contributed by atoms with van der Waals surface area (Å²) in [5.41, 5.74) is 3.46. The Morgan fingerprint density at radius 2 is 1.41 bits per heavy atom. The lowest BCUT2D eigenvalue weighted by molar-refractivity contribution is -0.119. The highest BCUT2D eigenvalue weighted by molar-refractivity contribution is 9.10. The number of hydrogen-bond acceptors (Lipinski definition) is 4. The fourth-order valence-electron chi connectivity index (χ4n) is 4.93. The predicted octanol–water partition coefficient (Wildman–Crippen LogP) is 5.36. The fraction of sp³-hybridized carbons (Fsp3) is 0.545. The van der Waals surface area contributed by atoms with Gasteiger partial charge in [-0.05, 0) is 51.7 Å². The van der Waals surface area contributed by atoms with Gasteiger partial charge in [-0.2, -0.15) is 0 Å². The number of carbonyl (C=O) groups is 2. The van der Waals surface area contributed by atoms with E-state index in [9.17, 15) is 9.59 Å². The minimum absolute atomic E-state index is 0.0786. The van der Waals surface area contributed by atoms with E-state index in [0.29, 0.717) is 23.3 Å². The van der Waals surface area contributed by atoms with Gasteiger partial charge in [-0.3, -0.25) is 9.59 Å². The maximum atomic E-state index is 13.2. The van der Waals surface area contributed by atoms with Crippen LogP contribution in [0.5, 0.6) is 0 Å². The molecule has 2 aliphatic carbocycles. The van der Waals surface area contributed by atoms with Crippen LogP contribution in [0.4, 0.5) is 0 Å². The first-order valence-electron chi connectivity index (χ1n) is 9.51. The molecule has 0 atom stereocenters. The molecule has 0 saturated carbocycles. The molecule has 4 rings (SSSR count). The van der Waals surface area contributed by atoms with Gasteiger partial charge in [0.1, 0.15) is 5.76 Å². The summed E-state index contributed by atoms with van der Waals surface area (Å²) in [4.78, 5) is 28.6. The van der Waals surface area contributed by atoms with E-state index in [1.807, 2.05) is 19.2 Å². The molecule has 4 nitrogen and oxygen atoms in total. The molecule has 144 valence electrons. The fourth-order valence-corrected chi connectivity index (χ4v) is 5.25. The normalized spacial score (nSPS) is 25.0. The van der Waals surface area contributed by atoms with Crippen molar-refractivity contribution < 1.29 is 14.0 Å². The van der Waals surface area contributed by atoms with Gasteiger partial charge in [-0.1, -0.05) is 27.7 Å². The number of hydrogen-bond donors (Lipinski definition) is 0. The summed E-state index contributed by atoms with van der Waals surface area (Å²) in [6, 6.07) is 3.72. The van der Waals surface area contributed by atoms with Gasteiger partial charge in [0, 0.05) is 42.4 Å². The summed E-state index contributed by atoms with van der Waals surface area (Å²) in [6.07, 6.45) is 2.66. The number of furan rings is 1. The summed E-state index contributed by atoms with van der Waals surface area (Å²) >= 11 is 3.37. The Hall–Kier alpha value is -1.62. The molecule has 1 aliphatic heterocycles. The maximum absolute atomic E-state index is 13.2. The van der Waals surface area contributed by atoms with Crippen LogP contribution in [0.25, 0.3) is 0 Å². The van der Waals surface area contributed by atoms with E-state index in [2.05, 4.69) is 48.5 Å². The van der Waals surface area contributed by atoms with Crippen LogP contribution in [0.1, 0.15) is 65.1 Å². The molecule has 0 fully saturated rings. The Balaban J connectivity index is 1.96. The third-order valence-corrected chi connectivity index (χ3v) is 6.48. The van der Waals surface area contributed by atoms with Gasteiger partial charge in [0.15, 0.2) is 16.2 Å². The van der Waals surface area contributed by atoms with Crippen molar-refractivity contribution >= 4 is 27.5 Å². The van der Waals surface area contributed by atoms with E-state index in [0.717, 1.165) is 35.4 Å². The van der Waals surface area contributed by atoms with Crippen molar-refractivity contribution in [2.45, 2.75) is 59.3 Å². The van der Waals surface area contributed by atoms with E-state index in [1.165, 1.54) is 0 Å². The monoisotopic (exact) mass is 431 g/mol. The van der Waals surface area contributed by atoms with Crippen molar-refractivity contribution in [3.05, 3.63) is 45.1 Å². The number of carbonyl (C=O) groups excluding carboxylic acids is 2. The quantitative estimate of drug-likeness (QED) is 0.600. The van der Waals surface area contributed by atoms with Crippen LogP contribution in [-0.2, 0) is 9.59 Å². The van der Waals surface area contributed by atoms with E-state index < -0.39 is 0 Å². The Morgan fingerprint density at radius 3 is 1.81 bits per heavy atom. The van der Waals surface area contributed by atoms with Crippen LogP contribution in [0.15, 0.2) is 43.8 Å². The Labute approximate surface area is 168 Å². The van der Waals surface area contributed by atoms with E-state index in [1.54, 1.807) is 0 Å². The molecule has 1 aromatic rings. The average molecular weight is 432 g/mol. The highest BCUT2D eigenvalue weighted by Crippen LogP contribution is 2.54. The average Bonchev–Trinajstić information content (AvgIpc) is 2.93. The molecule has 0 radical (unpaired) electrons. The smallest absolute Gasteiger partial charge is 0.169 e. The first-order chi connectivity index (χ1) is 12.5. The first kappa shape index (κ1) is 18.7. The summed E-state index contributed by atoms with van der Waals surface area (Å²) < 4.78 is 6.50. The van der Waals surface area contributed by atoms with Crippen LogP contribution in [-0.4, -0.2) is 23.5 Å². The van der Waals surface area contributed by atoms with Crippen LogP contribution in [0.3, 0.4) is 0 Å². The number of ketones is 2. The molecule has 0 unspecified atom stereocenters. The molecule has 0 saturated heterocycles. The number of Topliss-reactive ketones (excluding diaryl/α,β-unsaturated/α-hetero) is 2. The summed E-state index contributed by atoms with van der Waals surface area (Å²) in [7, 11) is 2.02. The standard InChI is InChI=1S/C22H26BrNO3/c1-21(2)8-12-18(14(25)10-21)20(16-6-7-17(23)27-16)19-13(24(12)5)9-22(3,4)11-15(19)26/h6-7,20H,8-11H2,1-5H3. The molecule has 0 N–H and O–H groups in total.